The zero-order valence-corrected chi connectivity index (χ0v) is 12.8. The second kappa shape index (κ2) is 7.90. The highest BCUT2D eigenvalue weighted by Crippen LogP contribution is 2.39. The van der Waals surface area contributed by atoms with Crippen molar-refractivity contribution in [3.8, 4) is 5.75 Å². The number of nitrogens with one attached hydrogen (secondary N) is 1. The molecule has 0 atom stereocenters. The minimum atomic E-state index is -4.37. The number of piperidine rings is 1. The van der Waals surface area contributed by atoms with Gasteiger partial charge in [0.1, 0.15) is 5.75 Å². The van der Waals surface area contributed by atoms with Gasteiger partial charge in [0.2, 0.25) is 0 Å². The Morgan fingerprint density at radius 1 is 1.24 bits per heavy atom. The van der Waals surface area contributed by atoms with Crippen LogP contribution < -0.4 is 10.1 Å². The van der Waals surface area contributed by atoms with Gasteiger partial charge in [-0.3, -0.25) is 0 Å². The highest BCUT2D eigenvalue weighted by atomic mass is 35.5. The van der Waals surface area contributed by atoms with Crippen molar-refractivity contribution >= 4 is 12.4 Å². The fraction of sp³-hybridized carbons (Fsp3) is 0.600. The summed E-state index contributed by atoms with van der Waals surface area (Å²) in [6.45, 7) is 3.90. The van der Waals surface area contributed by atoms with E-state index < -0.39 is 11.7 Å². The summed E-state index contributed by atoms with van der Waals surface area (Å²) < 4.78 is 44.6. The quantitative estimate of drug-likeness (QED) is 0.887. The standard InChI is InChI=1S/C15H20F3NO.ClH/c1-2-9-20-14-4-3-12(10-13(14)15(16,17)18)11-5-7-19-8-6-11;/h3-4,10-11,19H,2,5-9H2,1H3;1H. The van der Waals surface area contributed by atoms with Crippen molar-refractivity contribution in [2.45, 2.75) is 38.3 Å². The molecule has 1 saturated heterocycles. The summed E-state index contributed by atoms with van der Waals surface area (Å²) in [6, 6.07) is 4.51. The van der Waals surface area contributed by atoms with Crippen LogP contribution in [0, 0.1) is 0 Å². The van der Waals surface area contributed by atoms with Crippen LogP contribution >= 0.6 is 12.4 Å². The molecule has 6 heteroatoms. The third-order valence-corrected chi connectivity index (χ3v) is 3.58. The van der Waals surface area contributed by atoms with Gasteiger partial charge in [-0.25, -0.2) is 0 Å². The number of hydrogen-bond donors (Lipinski definition) is 1. The zero-order valence-electron chi connectivity index (χ0n) is 12.0. The lowest BCUT2D eigenvalue weighted by molar-refractivity contribution is -0.139. The zero-order chi connectivity index (χ0) is 14.6. The predicted octanol–water partition coefficient (Wildman–Crippen LogP) is 4.38. The maximum absolute atomic E-state index is 13.1. The molecular weight excluding hydrogens is 303 g/mol. The molecule has 0 aromatic heterocycles. The summed E-state index contributed by atoms with van der Waals surface area (Å²) in [5.74, 6) is 0.148. The van der Waals surface area contributed by atoms with Crippen molar-refractivity contribution in [3.05, 3.63) is 29.3 Å². The van der Waals surface area contributed by atoms with Crippen LogP contribution in [0.5, 0.6) is 5.75 Å². The third kappa shape index (κ3) is 4.78. The first-order valence-electron chi connectivity index (χ1n) is 7.07. The van der Waals surface area contributed by atoms with E-state index in [0.29, 0.717) is 13.0 Å². The van der Waals surface area contributed by atoms with Crippen molar-refractivity contribution in [1.29, 1.82) is 0 Å². The van der Waals surface area contributed by atoms with Gasteiger partial charge >= 0.3 is 6.18 Å². The summed E-state index contributed by atoms with van der Waals surface area (Å²) in [5.41, 5.74) is 0.115. The summed E-state index contributed by atoms with van der Waals surface area (Å²) in [7, 11) is 0. The molecule has 0 unspecified atom stereocenters. The molecule has 0 amide bonds. The molecule has 0 radical (unpaired) electrons. The number of ether oxygens (including phenoxy) is 1. The Morgan fingerprint density at radius 2 is 1.90 bits per heavy atom. The summed E-state index contributed by atoms with van der Waals surface area (Å²) in [4.78, 5) is 0. The van der Waals surface area contributed by atoms with E-state index in [-0.39, 0.29) is 24.1 Å². The Bertz CT molecular complexity index is 445. The number of halogens is 4. The highest BCUT2D eigenvalue weighted by Gasteiger charge is 2.35. The highest BCUT2D eigenvalue weighted by molar-refractivity contribution is 5.85. The second-order valence-electron chi connectivity index (χ2n) is 5.13. The number of alkyl halides is 3. The first-order chi connectivity index (χ1) is 9.52. The first-order valence-corrected chi connectivity index (χ1v) is 7.07. The van der Waals surface area contributed by atoms with Gasteiger partial charge in [0.25, 0.3) is 0 Å². The lowest BCUT2D eigenvalue weighted by Crippen LogP contribution is -2.26. The van der Waals surface area contributed by atoms with Crippen molar-refractivity contribution < 1.29 is 17.9 Å². The van der Waals surface area contributed by atoms with Crippen LogP contribution in [0.2, 0.25) is 0 Å². The molecule has 2 nitrogen and oxygen atoms in total. The van der Waals surface area contributed by atoms with Crippen molar-refractivity contribution in [2.24, 2.45) is 0 Å². The smallest absolute Gasteiger partial charge is 0.419 e. The molecule has 21 heavy (non-hydrogen) atoms. The average Bonchev–Trinajstić information content (AvgIpc) is 2.45. The van der Waals surface area contributed by atoms with Crippen molar-refractivity contribution in [2.75, 3.05) is 19.7 Å². The van der Waals surface area contributed by atoms with Crippen molar-refractivity contribution in [1.82, 2.24) is 5.32 Å². The summed E-state index contributed by atoms with van der Waals surface area (Å²) in [5, 5.41) is 3.22. The maximum Gasteiger partial charge on any atom is 0.419 e. The largest absolute Gasteiger partial charge is 0.493 e. The topological polar surface area (TPSA) is 21.3 Å². The Kier molecular flexibility index (Phi) is 6.81. The fourth-order valence-electron chi connectivity index (χ4n) is 2.52. The van der Waals surface area contributed by atoms with Crippen LogP contribution in [0.1, 0.15) is 43.2 Å². The molecule has 120 valence electrons. The fourth-order valence-corrected chi connectivity index (χ4v) is 2.52. The van der Waals surface area contributed by atoms with Crippen LogP contribution in [-0.2, 0) is 6.18 Å². The van der Waals surface area contributed by atoms with E-state index in [1.807, 2.05) is 6.92 Å². The third-order valence-electron chi connectivity index (χ3n) is 3.58. The normalized spacial score (nSPS) is 16.4. The lowest BCUT2D eigenvalue weighted by Gasteiger charge is -2.24. The maximum atomic E-state index is 13.1. The SMILES string of the molecule is CCCOc1ccc(C2CCNCC2)cc1C(F)(F)F.Cl. The summed E-state index contributed by atoms with van der Waals surface area (Å²) >= 11 is 0. The van der Waals surface area contributed by atoms with Crippen LogP contribution in [-0.4, -0.2) is 19.7 Å². The van der Waals surface area contributed by atoms with E-state index in [0.717, 1.165) is 31.5 Å². The van der Waals surface area contributed by atoms with Gasteiger partial charge in [-0.1, -0.05) is 13.0 Å². The van der Waals surface area contributed by atoms with E-state index in [1.165, 1.54) is 12.1 Å². The van der Waals surface area contributed by atoms with Gasteiger partial charge in [-0.2, -0.15) is 13.2 Å². The van der Waals surface area contributed by atoms with E-state index in [9.17, 15) is 13.2 Å². The van der Waals surface area contributed by atoms with Gasteiger partial charge < -0.3 is 10.1 Å². The van der Waals surface area contributed by atoms with Gasteiger partial charge in [-0.15, -0.1) is 12.4 Å². The van der Waals surface area contributed by atoms with Gasteiger partial charge in [0.15, 0.2) is 0 Å². The first kappa shape index (κ1) is 18.1. The average molecular weight is 324 g/mol. The lowest BCUT2D eigenvalue weighted by atomic mass is 9.89. The molecule has 1 aliphatic heterocycles. The predicted molar refractivity (Wildman–Crippen MR) is 79.3 cm³/mol. The number of rotatable bonds is 4. The molecule has 1 aromatic rings. The van der Waals surface area contributed by atoms with E-state index in [1.54, 1.807) is 6.07 Å². The summed E-state index contributed by atoms with van der Waals surface area (Å²) in [6.07, 6.45) is -1.92. The minimum absolute atomic E-state index is 0. The Morgan fingerprint density at radius 3 is 2.48 bits per heavy atom. The molecule has 2 rings (SSSR count). The number of benzene rings is 1. The molecule has 0 saturated carbocycles. The Balaban J connectivity index is 0.00000220. The van der Waals surface area contributed by atoms with Crippen molar-refractivity contribution in [3.63, 3.8) is 0 Å². The van der Waals surface area contributed by atoms with E-state index in [2.05, 4.69) is 5.32 Å². The van der Waals surface area contributed by atoms with Gasteiger partial charge in [-0.05, 0) is 56.0 Å². The molecule has 1 aliphatic rings. The van der Waals surface area contributed by atoms with E-state index >= 15 is 0 Å². The Labute approximate surface area is 129 Å². The van der Waals surface area contributed by atoms with Crippen LogP contribution in [0.3, 0.4) is 0 Å². The number of hydrogen-bond acceptors (Lipinski definition) is 2. The minimum Gasteiger partial charge on any atom is -0.493 e. The molecule has 0 bridgehead atoms. The molecular formula is C15H21ClF3NO. The molecule has 0 spiro atoms. The molecule has 1 fully saturated rings. The molecule has 1 N–H and O–H groups in total. The van der Waals surface area contributed by atoms with Crippen LogP contribution in [0.4, 0.5) is 13.2 Å². The second-order valence-corrected chi connectivity index (χ2v) is 5.13. The monoisotopic (exact) mass is 323 g/mol. The molecule has 0 aliphatic carbocycles. The van der Waals surface area contributed by atoms with Gasteiger partial charge in [0, 0.05) is 0 Å². The molecule has 1 aromatic carbocycles. The van der Waals surface area contributed by atoms with Crippen LogP contribution in [0.25, 0.3) is 0 Å². The van der Waals surface area contributed by atoms with E-state index in [4.69, 9.17) is 4.74 Å². The molecule has 1 heterocycles. The van der Waals surface area contributed by atoms with Gasteiger partial charge in [0.05, 0.1) is 12.2 Å². The van der Waals surface area contributed by atoms with Crippen LogP contribution in [0.15, 0.2) is 18.2 Å². The Hall–Kier alpha value is -0.940.